The molecule has 180 valence electrons. The van der Waals surface area contributed by atoms with E-state index in [1.807, 2.05) is 30.5 Å². The number of aromatic nitrogens is 2. The van der Waals surface area contributed by atoms with Gasteiger partial charge in [-0.3, -0.25) is 0 Å². The minimum absolute atomic E-state index is 0. The zero-order valence-electron chi connectivity index (χ0n) is 19.2. The fraction of sp³-hybridized carbons (Fsp3) is 0.600. The van der Waals surface area contributed by atoms with Gasteiger partial charge in [-0.25, -0.2) is 4.98 Å². The summed E-state index contributed by atoms with van der Waals surface area (Å²) >= 11 is 0. The van der Waals surface area contributed by atoms with Gasteiger partial charge in [-0.1, -0.05) is 19.1 Å². The summed E-state index contributed by atoms with van der Waals surface area (Å²) in [5.41, 5.74) is 1.89. The number of benzene rings is 1. The van der Waals surface area contributed by atoms with Crippen LogP contribution in [-0.4, -0.2) is 54.6 Å². The summed E-state index contributed by atoms with van der Waals surface area (Å²) in [6.07, 6.45) is 8.66. The summed E-state index contributed by atoms with van der Waals surface area (Å²) in [5.74, 6) is 2.91. The molecule has 3 fully saturated rings. The highest BCUT2D eigenvalue weighted by Gasteiger charge is 2.23. The minimum atomic E-state index is 0. The van der Waals surface area contributed by atoms with Crippen molar-refractivity contribution in [2.24, 2.45) is 5.92 Å². The van der Waals surface area contributed by atoms with Gasteiger partial charge in [-0.15, -0.1) is 12.4 Å². The van der Waals surface area contributed by atoms with Crippen LogP contribution in [0.1, 0.15) is 45.4 Å². The Balaban J connectivity index is 0.00000259. The molecule has 8 heteroatoms. The molecule has 0 radical (unpaired) electrons. The standard InChI is InChI=1S/C25H33N3O4.ClH/c1-17-2-6-19(7-3-17)27-25-26-14-23(24(28-25)32-22-11-13-30-16-22)18-4-8-20(9-5-18)31-21-10-12-29-15-21;/h4-5,8-9,14,17,19,21-22H,2-3,6-7,10-13,15-16H2,1H3,(H,26,27,28);1H/t17?,19?,21-,22+;/m0./s1. The third-order valence-electron chi connectivity index (χ3n) is 6.63. The lowest BCUT2D eigenvalue weighted by Gasteiger charge is -2.27. The Labute approximate surface area is 202 Å². The van der Waals surface area contributed by atoms with E-state index in [2.05, 4.69) is 17.2 Å². The summed E-state index contributed by atoms with van der Waals surface area (Å²) in [6.45, 7) is 5.09. The van der Waals surface area contributed by atoms with E-state index in [9.17, 15) is 0 Å². The van der Waals surface area contributed by atoms with E-state index in [1.165, 1.54) is 12.8 Å². The summed E-state index contributed by atoms with van der Waals surface area (Å²) in [5, 5.41) is 3.53. The van der Waals surface area contributed by atoms with Crippen LogP contribution in [0.4, 0.5) is 5.95 Å². The Hall–Kier alpha value is -2.09. The molecule has 2 aliphatic heterocycles. The third-order valence-corrected chi connectivity index (χ3v) is 6.63. The molecule has 0 unspecified atom stereocenters. The second-order valence-electron chi connectivity index (χ2n) is 9.24. The zero-order chi connectivity index (χ0) is 21.8. The number of nitrogens with one attached hydrogen (secondary N) is 1. The van der Waals surface area contributed by atoms with Gasteiger partial charge in [0, 0.05) is 25.1 Å². The molecule has 0 bridgehead atoms. The molecule has 1 aromatic carbocycles. The maximum Gasteiger partial charge on any atom is 0.226 e. The van der Waals surface area contributed by atoms with Crippen molar-refractivity contribution in [2.45, 2.75) is 63.7 Å². The molecular formula is C25H34ClN3O4. The first-order valence-corrected chi connectivity index (χ1v) is 12.0. The SMILES string of the molecule is CC1CCC(Nc2ncc(-c3ccc(O[C@H]4CCOC4)cc3)c(O[C@@H]3CCOC3)n2)CC1.Cl. The van der Waals surface area contributed by atoms with Crippen LogP contribution < -0.4 is 14.8 Å². The molecule has 2 atom stereocenters. The highest BCUT2D eigenvalue weighted by atomic mass is 35.5. The Morgan fingerprint density at radius 1 is 0.879 bits per heavy atom. The highest BCUT2D eigenvalue weighted by molar-refractivity contribution is 5.85. The Kier molecular flexibility index (Phi) is 8.28. The van der Waals surface area contributed by atoms with E-state index in [0.29, 0.717) is 31.1 Å². The molecule has 2 saturated heterocycles. The van der Waals surface area contributed by atoms with Crippen LogP contribution in [0.15, 0.2) is 30.5 Å². The summed E-state index contributed by atoms with van der Waals surface area (Å²) in [7, 11) is 0. The van der Waals surface area contributed by atoms with E-state index in [1.54, 1.807) is 0 Å². The zero-order valence-corrected chi connectivity index (χ0v) is 20.0. The fourth-order valence-corrected chi connectivity index (χ4v) is 4.59. The van der Waals surface area contributed by atoms with Gasteiger partial charge >= 0.3 is 0 Å². The van der Waals surface area contributed by atoms with Gasteiger partial charge in [0.25, 0.3) is 0 Å². The number of hydrogen-bond donors (Lipinski definition) is 1. The molecular weight excluding hydrogens is 442 g/mol. The van der Waals surface area contributed by atoms with Gasteiger partial charge in [-0.05, 0) is 49.3 Å². The van der Waals surface area contributed by atoms with Gasteiger partial charge in [-0.2, -0.15) is 4.98 Å². The first kappa shape index (κ1) is 24.0. The molecule has 3 aliphatic rings. The molecule has 7 nitrogen and oxygen atoms in total. The van der Waals surface area contributed by atoms with Crippen molar-refractivity contribution in [2.75, 3.05) is 31.7 Å². The molecule has 3 heterocycles. The van der Waals surface area contributed by atoms with Crippen molar-refractivity contribution in [3.8, 4) is 22.8 Å². The van der Waals surface area contributed by atoms with E-state index < -0.39 is 0 Å². The van der Waals surface area contributed by atoms with Crippen LogP contribution in [0.2, 0.25) is 0 Å². The van der Waals surface area contributed by atoms with E-state index in [4.69, 9.17) is 23.9 Å². The van der Waals surface area contributed by atoms with E-state index in [0.717, 1.165) is 61.7 Å². The fourth-order valence-electron chi connectivity index (χ4n) is 4.59. The van der Waals surface area contributed by atoms with Crippen molar-refractivity contribution in [1.29, 1.82) is 0 Å². The van der Waals surface area contributed by atoms with Crippen molar-refractivity contribution in [3.05, 3.63) is 30.5 Å². The molecule has 1 aliphatic carbocycles. The average molecular weight is 476 g/mol. The van der Waals surface area contributed by atoms with E-state index in [-0.39, 0.29) is 24.6 Å². The quantitative estimate of drug-likeness (QED) is 0.610. The Bertz CT molecular complexity index is 878. The topological polar surface area (TPSA) is 74.7 Å². The predicted octanol–water partition coefficient (Wildman–Crippen LogP) is 4.89. The Morgan fingerprint density at radius 2 is 1.55 bits per heavy atom. The van der Waals surface area contributed by atoms with Gasteiger partial charge in [0.05, 0.1) is 32.0 Å². The van der Waals surface area contributed by atoms with Crippen LogP contribution in [0.25, 0.3) is 11.1 Å². The van der Waals surface area contributed by atoms with Crippen molar-refractivity contribution in [3.63, 3.8) is 0 Å². The van der Waals surface area contributed by atoms with Gasteiger partial charge in [0.1, 0.15) is 18.0 Å². The van der Waals surface area contributed by atoms with Crippen molar-refractivity contribution in [1.82, 2.24) is 9.97 Å². The Morgan fingerprint density at radius 3 is 2.18 bits per heavy atom. The first-order valence-electron chi connectivity index (χ1n) is 12.0. The number of hydrogen-bond acceptors (Lipinski definition) is 7. The second kappa shape index (κ2) is 11.4. The average Bonchev–Trinajstić information content (AvgIpc) is 3.51. The number of nitrogens with zero attached hydrogens (tertiary/aromatic N) is 2. The largest absolute Gasteiger partial charge is 0.488 e. The molecule has 0 amide bonds. The van der Waals surface area contributed by atoms with Gasteiger partial charge < -0.3 is 24.3 Å². The number of anilines is 1. The molecule has 5 rings (SSSR count). The minimum Gasteiger partial charge on any atom is -0.488 e. The van der Waals surface area contributed by atoms with Crippen LogP contribution >= 0.6 is 12.4 Å². The van der Waals surface area contributed by atoms with Crippen LogP contribution in [-0.2, 0) is 9.47 Å². The number of halogens is 1. The summed E-state index contributed by atoms with van der Waals surface area (Å²) < 4.78 is 23.2. The van der Waals surface area contributed by atoms with Crippen LogP contribution in [0, 0.1) is 5.92 Å². The molecule has 0 spiro atoms. The first-order chi connectivity index (χ1) is 15.7. The van der Waals surface area contributed by atoms with Gasteiger partial charge in [0.15, 0.2) is 0 Å². The lowest BCUT2D eigenvalue weighted by Crippen LogP contribution is -2.26. The van der Waals surface area contributed by atoms with Crippen LogP contribution in [0.5, 0.6) is 11.6 Å². The second-order valence-corrected chi connectivity index (χ2v) is 9.24. The summed E-state index contributed by atoms with van der Waals surface area (Å²) in [4.78, 5) is 9.41. The molecule has 1 N–H and O–H groups in total. The maximum atomic E-state index is 6.28. The smallest absolute Gasteiger partial charge is 0.226 e. The molecule has 1 aromatic heterocycles. The molecule has 1 saturated carbocycles. The molecule has 33 heavy (non-hydrogen) atoms. The summed E-state index contributed by atoms with van der Waals surface area (Å²) in [6, 6.07) is 8.49. The van der Waals surface area contributed by atoms with Crippen molar-refractivity contribution >= 4 is 18.4 Å². The van der Waals surface area contributed by atoms with E-state index >= 15 is 0 Å². The predicted molar refractivity (Wildman–Crippen MR) is 129 cm³/mol. The molecule has 2 aromatic rings. The highest BCUT2D eigenvalue weighted by Crippen LogP contribution is 2.33. The normalized spacial score (nSPS) is 27.1. The third kappa shape index (κ3) is 6.28. The number of ether oxygens (including phenoxy) is 4. The lowest BCUT2D eigenvalue weighted by atomic mass is 9.87. The lowest BCUT2D eigenvalue weighted by molar-refractivity contribution is 0.138. The monoisotopic (exact) mass is 475 g/mol. The van der Waals surface area contributed by atoms with Gasteiger partial charge in [0.2, 0.25) is 11.8 Å². The number of rotatable bonds is 7. The van der Waals surface area contributed by atoms with Crippen molar-refractivity contribution < 1.29 is 18.9 Å². The van der Waals surface area contributed by atoms with Crippen LogP contribution in [0.3, 0.4) is 0 Å². The maximum absolute atomic E-state index is 6.28.